The third-order valence-electron chi connectivity index (χ3n) is 4.98. The van der Waals surface area contributed by atoms with Gasteiger partial charge in [0.05, 0.1) is 0 Å². The molecule has 2 aliphatic carbocycles. The van der Waals surface area contributed by atoms with Gasteiger partial charge in [-0.1, -0.05) is 19.8 Å². The zero-order chi connectivity index (χ0) is 11.0. The highest BCUT2D eigenvalue weighted by molar-refractivity contribution is 4.94. The predicted octanol–water partition coefficient (Wildman–Crippen LogP) is 2.30. The fourth-order valence-corrected chi connectivity index (χ4v) is 3.64. The van der Waals surface area contributed by atoms with Crippen molar-refractivity contribution in [3.8, 4) is 0 Å². The van der Waals surface area contributed by atoms with E-state index in [0.717, 1.165) is 30.0 Å². The third kappa shape index (κ3) is 2.43. The third-order valence-corrected chi connectivity index (χ3v) is 4.98. The van der Waals surface area contributed by atoms with Gasteiger partial charge in [0.15, 0.2) is 0 Å². The molecule has 2 N–H and O–H groups in total. The van der Waals surface area contributed by atoms with Gasteiger partial charge in [-0.15, -0.1) is 0 Å². The fourth-order valence-electron chi connectivity index (χ4n) is 3.64. The Morgan fingerprint density at radius 2 is 1.94 bits per heavy atom. The summed E-state index contributed by atoms with van der Waals surface area (Å²) in [6.07, 6.45) is 10.1. The lowest BCUT2D eigenvalue weighted by Crippen LogP contribution is -2.52. The van der Waals surface area contributed by atoms with E-state index in [4.69, 9.17) is 0 Å². The summed E-state index contributed by atoms with van der Waals surface area (Å²) in [7, 11) is 0. The predicted molar refractivity (Wildman–Crippen MR) is 67.5 cm³/mol. The molecule has 16 heavy (non-hydrogen) atoms. The lowest BCUT2D eigenvalue weighted by molar-refractivity contribution is 0.174. The van der Waals surface area contributed by atoms with Crippen molar-refractivity contribution in [2.45, 2.75) is 70.0 Å². The quantitative estimate of drug-likeness (QED) is 0.765. The molecule has 0 amide bonds. The summed E-state index contributed by atoms with van der Waals surface area (Å²) < 4.78 is 0. The molecule has 0 bridgehead atoms. The summed E-state index contributed by atoms with van der Waals surface area (Å²) in [5.41, 5.74) is 0. The summed E-state index contributed by atoms with van der Waals surface area (Å²) in [6.45, 7) is 3.56. The lowest BCUT2D eigenvalue weighted by atomic mass is 9.78. The summed E-state index contributed by atoms with van der Waals surface area (Å²) in [4.78, 5) is 0. The van der Waals surface area contributed by atoms with Crippen molar-refractivity contribution in [2.75, 3.05) is 6.54 Å². The number of fused-ring (bicyclic) bond motifs is 1. The zero-order valence-corrected chi connectivity index (χ0v) is 10.5. The van der Waals surface area contributed by atoms with Crippen molar-refractivity contribution in [3.63, 3.8) is 0 Å². The Kier molecular flexibility index (Phi) is 3.21. The van der Waals surface area contributed by atoms with Crippen molar-refractivity contribution >= 4 is 0 Å². The van der Waals surface area contributed by atoms with Gasteiger partial charge < -0.3 is 10.6 Å². The Labute approximate surface area is 99.6 Å². The van der Waals surface area contributed by atoms with E-state index in [9.17, 15) is 0 Å². The van der Waals surface area contributed by atoms with E-state index in [2.05, 4.69) is 17.6 Å². The molecule has 1 heterocycles. The molecule has 5 unspecified atom stereocenters. The zero-order valence-electron chi connectivity index (χ0n) is 10.5. The molecule has 0 aromatic heterocycles. The van der Waals surface area contributed by atoms with E-state index in [1.165, 1.54) is 51.5 Å². The molecule has 5 atom stereocenters. The molecule has 1 saturated heterocycles. The highest BCUT2D eigenvalue weighted by Gasteiger charge is 2.35. The van der Waals surface area contributed by atoms with E-state index in [-0.39, 0.29) is 0 Å². The molecular weight excluding hydrogens is 196 g/mol. The van der Waals surface area contributed by atoms with Crippen LogP contribution in [0.25, 0.3) is 0 Å². The molecule has 92 valence electrons. The van der Waals surface area contributed by atoms with Gasteiger partial charge in [0.1, 0.15) is 0 Å². The Bertz CT molecular complexity index is 241. The average molecular weight is 222 g/mol. The molecule has 0 radical (unpaired) electrons. The van der Waals surface area contributed by atoms with Gasteiger partial charge in [-0.25, -0.2) is 0 Å². The van der Waals surface area contributed by atoms with Crippen molar-refractivity contribution in [1.29, 1.82) is 0 Å². The Morgan fingerprint density at radius 1 is 1.12 bits per heavy atom. The van der Waals surface area contributed by atoms with E-state index >= 15 is 0 Å². The number of hydrogen-bond acceptors (Lipinski definition) is 2. The number of hydrogen-bond donors (Lipinski definition) is 2. The summed E-state index contributed by atoms with van der Waals surface area (Å²) in [6, 6.07) is 2.45. The molecule has 0 aromatic carbocycles. The Balaban J connectivity index is 1.43. The van der Waals surface area contributed by atoms with Crippen molar-refractivity contribution < 1.29 is 0 Å². The fraction of sp³-hybridized carbons (Fsp3) is 1.00. The van der Waals surface area contributed by atoms with Crippen molar-refractivity contribution in [1.82, 2.24) is 10.6 Å². The summed E-state index contributed by atoms with van der Waals surface area (Å²) in [5, 5.41) is 7.60. The van der Waals surface area contributed by atoms with Crippen molar-refractivity contribution in [2.24, 2.45) is 11.8 Å². The summed E-state index contributed by atoms with van der Waals surface area (Å²) in [5.74, 6) is 1.94. The van der Waals surface area contributed by atoms with Crippen LogP contribution in [-0.4, -0.2) is 24.7 Å². The first kappa shape index (κ1) is 11.0. The van der Waals surface area contributed by atoms with E-state index in [1.807, 2.05) is 0 Å². The molecular formula is C14H26N2. The molecule has 0 aromatic rings. The van der Waals surface area contributed by atoms with Crippen LogP contribution in [0.2, 0.25) is 0 Å². The molecule has 2 saturated carbocycles. The monoisotopic (exact) mass is 222 g/mol. The largest absolute Gasteiger partial charge is 0.312 e. The average Bonchev–Trinajstić information content (AvgIpc) is 3.03. The Hall–Kier alpha value is -0.0800. The highest BCUT2D eigenvalue weighted by Crippen LogP contribution is 2.33. The second-order valence-corrected chi connectivity index (χ2v) is 6.32. The minimum atomic E-state index is 0.757. The van der Waals surface area contributed by atoms with Crippen LogP contribution < -0.4 is 10.6 Å². The normalized spacial score (nSPS) is 47.4. The van der Waals surface area contributed by atoms with Crippen LogP contribution in [0, 0.1) is 11.8 Å². The maximum absolute atomic E-state index is 3.89. The number of rotatable bonds is 3. The number of piperidine rings is 1. The van der Waals surface area contributed by atoms with Gasteiger partial charge in [0, 0.05) is 24.7 Å². The standard InChI is InChI=1S/C14H26N2/c1-10-8-14(10)15-9-12-7-6-11-4-2-3-5-13(11)16-12/h10-16H,2-9H2,1H3. The molecule has 0 spiro atoms. The molecule has 2 heteroatoms. The first-order valence-corrected chi connectivity index (χ1v) is 7.32. The first-order valence-electron chi connectivity index (χ1n) is 7.32. The molecule has 1 aliphatic heterocycles. The van der Waals surface area contributed by atoms with Crippen LogP contribution in [0.1, 0.15) is 51.9 Å². The molecule has 3 fully saturated rings. The Morgan fingerprint density at radius 3 is 2.75 bits per heavy atom. The SMILES string of the molecule is CC1CC1NCC1CCC2CCCCC2N1. The van der Waals surface area contributed by atoms with Crippen LogP contribution in [-0.2, 0) is 0 Å². The van der Waals surface area contributed by atoms with Gasteiger partial charge >= 0.3 is 0 Å². The first-order chi connectivity index (χ1) is 7.83. The molecule has 3 aliphatic rings. The summed E-state index contributed by atoms with van der Waals surface area (Å²) >= 11 is 0. The maximum atomic E-state index is 3.89. The van der Waals surface area contributed by atoms with Gasteiger partial charge in [-0.05, 0) is 43.9 Å². The van der Waals surface area contributed by atoms with Gasteiger partial charge in [-0.3, -0.25) is 0 Å². The van der Waals surface area contributed by atoms with Crippen molar-refractivity contribution in [3.05, 3.63) is 0 Å². The second-order valence-electron chi connectivity index (χ2n) is 6.32. The van der Waals surface area contributed by atoms with Crippen LogP contribution >= 0.6 is 0 Å². The minimum Gasteiger partial charge on any atom is -0.312 e. The van der Waals surface area contributed by atoms with E-state index in [1.54, 1.807) is 0 Å². The van der Waals surface area contributed by atoms with E-state index < -0.39 is 0 Å². The number of nitrogens with one attached hydrogen (secondary N) is 2. The topological polar surface area (TPSA) is 24.1 Å². The van der Waals surface area contributed by atoms with Gasteiger partial charge in [-0.2, -0.15) is 0 Å². The molecule has 3 rings (SSSR count). The van der Waals surface area contributed by atoms with E-state index in [0.29, 0.717) is 0 Å². The lowest BCUT2D eigenvalue weighted by Gasteiger charge is -2.40. The second kappa shape index (κ2) is 4.66. The van der Waals surface area contributed by atoms with Gasteiger partial charge in [0.2, 0.25) is 0 Å². The maximum Gasteiger partial charge on any atom is 0.0195 e. The van der Waals surface area contributed by atoms with Crippen LogP contribution in [0.5, 0.6) is 0 Å². The van der Waals surface area contributed by atoms with Crippen LogP contribution in [0.15, 0.2) is 0 Å². The minimum absolute atomic E-state index is 0.757. The van der Waals surface area contributed by atoms with Gasteiger partial charge in [0.25, 0.3) is 0 Å². The van der Waals surface area contributed by atoms with Crippen LogP contribution in [0.4, 0.5) is 0 Å². The molecule has 2 nitrogen and oxygen atoms in total. The highest BCUT2D eigenvalue weighted by atomic mass is 15.1. The van der Waals surface area contributed by atoms with Crippen LogP contribution in [0.3, 0.4) is 0 Å². The smallest absolute Gasteiger partial charge is 0.0195 e.